The van der Waals surface area contributed by atoms with Crippen LogP contribution in [0.2, 0.25) is 0 Å². The minimum atomic E-state index is 0.480. The van der Waals surface area contributed by atoms with Crippen LogP contribution in [0.5, 0.6) is 0 Å². The Labute approximate surface area is 83.1 Å². The van der Waals surface area contributed by atoms with E-state index in [1.54, 1.807) is 17.8 Å². The normalized spacial score (nSPS) is 10.7. The summed E-state index contributed by atoms with van der Waals surface area (Å²) in [7, 11) is 0. The SMILES string of the molecule is CC(C)CCSc1ccc(N)nn1. The van der Waals surface area contributed by atoms with Gasteiger partial charge in [0.2, 0.25) is 0 Å². The molecule has 0 fully saturated rings. The number of anilines is 1. The summed E-state index contributed by atoms with van der Waals surface area (Å²) in [6, 6.07) is 3.69. The molecule has 2 N–H and O–H groups in total. The third-order valence-electron chi connectivity index (χ3n) is 1.61. The van der Waals surface area contributed by atoms with Gasteiger partial charge >= 0.3 is 0 Å². The number of nitrogens with two attached hydrogens (primary N) is 1. The van der Waals surface area contributed by atoms with Crippen molar-refractivity contribution in [3.63, 3.8) is 0 Å². The molecular weight excluding hydrogens is 182 g/mol. The van der Waals surface area contributed by atoms with Crippen LogP contribution >= 0.6 is 11.8 Å². The summed E-state index contributed by atoms with van der Waals surface area (Å²) in [4.78, 5) is 0. The average molecular weight is 197 g/mol. The smallest absolute Gasteiger partial charge is 0.146 e. The van der Waals surface area contributed by atoms with Gasteiger partial charge in [-0.3, -0.25) is 0 Å². The van der Waals surface area contributed by atoms with Crippen LogP contribution in [0, 0.1) is 5.92 Å². The van der Waals surface area contributed by atoms with Crippen LogP contribution in [0.4, 0.5) is 5.82 Å². The van der Waals surface area contributed by atoms with E-state index in [1.165, 1.54) is 6.42 Å². The van der Waals surface area contributed by atoms with E-state index in [0.717, 1.165) is 16.7 Å². The molecule has 0 saturated carbocycles. The van der Waals surface area contributed by atoms with E-state index < -0.39 is 0 Å². The van der Waals surface area contributed by atoms with Crippen LogP contribution in [0.1, 0.15) is 20.3 Å². The summed E-state index contributed by atoms with van der Waals surface area (Å²) in [5, 5.41) is 8.70. The predicted molar refractivity (Wildman–Crippen MR) is 56.6 cm³/mol. The minimum absolute atomic E-state index is 0.480. The predicted octanol–water partition coefficient (Wildman–Crippen LogP) is 2.20. The third-order valence-corrected chi connectivity index (χ3v) is 2.56. The quantitative estimate of drug-likeness (QED) is 0.752. The van der Waals surface area contributed by atoms with Gasteiger partial charge in [0.25, 0.3) is 0 Å². The van der Waals surface area contributed by atoms with Gasteiger partial charge in [-0.15, -0.1) is 22.0 Å². The first-order chi connectivity index (χ1) is 6.18. The average Bonchev–Trinajstić information content (AvgIpc) is 2.08. The first-order valence-corrected chi connectivity index (χ1v) is 5.39. The second kappa shape index (κ2) is 5.07. The second-order valence-electron chi connectivity index (χ2n) is 3.33. The van der Waals surface area contributed by atoms with Gasteiger partial charge in [0.1, 0.15) is 10.8 Å². The monoisotopic (exact) mass is 197 g/mol. The van der Waals surface area contributed by atoms with Crippen molar-refractivity contribution in [1.82, 2.24) is 10.2 Å². The highest BCUT2D eigenvalue weighted by molar-refractivity contribution is 7.99. The Balaban J connectivity index is 2.33. The molecule has 72 valence electrons. The van der Waals surface area contributed by atoms with Crippen molar-refractivity contribution in [2.24, 2.45) is 5.92 Å². The van der Waals surface area contributed by atoms with Crippen LogP contribution in [0.15, 0.2) is 17.2 Å². The van der Waals surface area contributed by atoms with Crippen LogP contribution in [-0.4, -0.2) is 16.0 Å². The van der Waals surface area contributed by atoms with Gasteiger partial charge < -0.3 is 5.73 Å². The molecule has 0 spiro atoms. The summed E-state index contributed by atoms with van der Waals surface area (Å²) in [5.74, 6) is 2.32. The van der Waals surface area contributed by atoms with Crippen molar-refractivity contribution in [2.45, 2.75) is 25.3 Å². The first-order valence-electron chi connectivity index (χ1n) is 4.40. The van der Waals surface area contributed by atoms with Crippen LogP contribution in [0.25, 0.3) is 0 Å². The fourth-order valence-electron chi connectivity index (χ4n) is 0.807. The molecule has 0 aromatic carbocycles. The second-order valence-corrected chi connectivity index (χ2v) is 4.44. The summed E-state index contributed by atoms with van der Waals surface area (Å²) >= 11 is 1.73. The van der Waals surface area contributed by atoms with Crippen molar-refractivity contribution in [1.29, 1.82) is 0 Å². The maximum Gasteiger partial charge on any atom is 0.146 e. The molecule has 13 heavy (non-hydrogen) atoms. The van der Waals surface area contributed by atoms with Crippen molar-refractivity contribution in [3.8, 4) is 0 Å². The Morgan fingerprint density at radius 3 is 2.69 bits per heavy atom. The highest BCUT2D eigenvalue weighted by Gasteiger charge is 1.98. The fraction of sp³-hybridized carbons (Fsp3) is 0.556. The van der Waals surface area contributed by atoms with E-state index in [2.05, 4.69) is 24.0 Å². The van der Waals surface area contributed by atoms with Crippen molar-refractivity contribution in [3.05, 3.63) is 12.1 Å². The first kappa shape index (κ1) is 10.3. The van der Waals surface area contributed by atoms with Gasteiger partial charge in [0, 0.05) is 0 Å². The lowest BCUT2D eigenvalue weighted by atomic mass is 10.2. The van der Waals surface area contributed by atoms with Gasteiger partial charge in [-0.2, -0.15) is 0 Å². The molecule has 0 aliphatic heterocycles. The molecule has 4 heteroatoms. The number of nitrogen functional groups attached to an aromatic ring is 1. The lowest BCUT2D eigenvalue weighted by Gasteiger charge is -2.02. The molecule has 0 amide bonds. The Hall–Kier alpha value is -0.770. The Kier molecular flexibility index (Phi) is 4.02. The van der Waals surface area contributed by atoms with E-state index in [0.29, 0.717) is 5.82 Å². The van der Waals surface area contributed by atoms with E-state index >= 15 is 0 Å². The van der Waals surface area contributed by atoms with Crippen molar-refractivity contribution >= 4 is 17.6 Å². The van der Waals surface area contributed by atoms with Gasteiger partial charge in [-0.05, 0) is 30.2 Å². The molecule has 0 bridgehead atoms. The highest BCUT2D eigenvalue weighted by atomic mass is 32.2. The van der Waals surface area contributed by atoms with E-state index in [-0.39, 0.29) is 0 Å². The zero-order chi connectivity index (χ0) is 9.68. The summed E-state index contributed by atoms with van der Waals surface area (Å²) in [6.07, 6.45) is 1.21. The minimum Gasteiger partial charge on any atom is -0.382 e. The topological polar surface area (TPSA) is 51.8 Å². The highest BCUT2D eigenvalue weighted by Crippen LogP contribution is 2.17. The van der Waals surface area contributed by atoms with Gasteiger partial charge in [-0.25, -0.2) is 0 Å². The van der Waals surface area contributed by atoms with Crippen molar-refractivity contribution in [2.75, 3.05) is 11.5 Å². The van der Waals surface area contributed by atoms with Crippen LogP contribution in [-0.2, 0) is 0 Å². The van der Waals surface area contributed by atoms with Gasteiger partial charge in [0.15, 0.2) is 0 Å². The molecule has 0 radical (unpaired) electrons. The molecule has 0 aliphatic carbocycles. The number of thioether (sulfide) groups is 1. The Morgan fingerprint density at radius 2 is 2.15 bits per heavy atom. The maximum absolute atomic E-state index is 5.42. The Bertz CT molecular complexity index is 246. The maximum atomic E-state index is 5.42. The zero-order valence-electron chi connectivity index (χ0n) is 8.03. The number of nitrogens with zero attached hydrogens (tertiary/aromatic N) is 2. The summed E-state index contributed by atoms with van der Waals surface area (Å²) in [6.45, 7) is 4.43. The van der Waals surface area contributed by atoms with E-state index in [4.69, 9.17) is 5.73 Å². The molecule has 3 nitrogen and oxygen atoms in total. The standard InChI is InChI=1S/C9H15N3S/c1-7(2)5-6-13-9-4-3-8(10)11-12-9/h3-4,7H,5-6H2,1-2H3,(H2,10,11). The van der Waals surface area contributed by atoms with Crippen molar-refractivity contribution < 1.29 is 0 Å². The fourth-order valence-corrected chi connectivity index (χ4v) is 1.87. The Morgan fingerprint density at radius 1 is 1.38 bits per heavy atom. The van der Waals surface area contributed by atoms with Gasteiger partial charge in [0.05, 0.1) is 0 Å². The molecule has 0 saturated heterocycles. The number of aromatic nitrogens is 2. The molecule has 1 heterocycles. The molecule has 1 rings (SSSR count). The molecule has 1 aromatic rings. The molecule has 0 aliphatic rings. The van der Waals surface area contributed by atoms with Crippen LogP contribution < -0.4 is 5.73 Å². The third kappa shape index (κ3) is 4.12. The number of hydrogen-bond donors (Lipinski definition) is 1. The lowest BCUT2D eigenvalue weighted by molar-refractivity contribution is 0.631. The molecule has 1 aromatic heterocycles. The zero-order valence-corrected chi connectivity index (χ0v) is 8.84. The molecular formula is C9H15N3S. The molecule has 0 atom stereocenters. The van der Waals surface area contributed by atoms with E-state index in [9.17, 15) is 0 Å². The lowest BCUT2D eigenvalue weighted by Crippen LogP contribution is -1.94. The largest absolute Gasteiger partial charge is 0.382 e. The molecule has 0 unspecified atom stereocenters. The summed E-state index contributed by atoms with van der Waals surface area (Å²) in [5.41, 5.74) is 5.42. The van der Waals surface area contributed by atoms with Crippen LogP contribution in [0.3, 0.4) is 0 Å². The number of rotatable bonds is 4. The summed E-state index contributed by atoms with van der Waals surface area (Å²) < 4.78 is 0. The number of hydrogen-bond acceptors (Lipinski definition) is 4. The van der Waals surface area contributed by atoms with E-state index in [1.807, 2.05) is 6.07 Å². The van der Waals surface area contributed by atoms with Gasteiger partial charge in [-0.1, -0.05) is 13.8 Å².